The van der Waals surface area contributed by atoms with Crippen molar-refractivity contribution in [2.24, 2.45) is 0 Å². The Hall–Kier alpha value is -2.15. The molecule has 0 aliphatic carbocycles. The molecule has 0 aliphatic rings. The molecule has 0 saturated heterocycles. The van der Waals surface area contributed by atoms with Gasteiger partial charge in [-0.15, -0.1) is 0 Å². The third-order valence-electron chi connectivity index (χ3n) is 2.47. The van der Waals surface area contributed by atoms with Crippen molar-refractivity contribution in [2.45, 2.75) is 25.7 Å². The molecule has 0 fully saturated rings. The highest BCUT2D eigenvalue weighted by Crippen LogP contribution is 2.27. The van der Waals surface area contributed by atoms with E-state index in [-0.39, 0.29) is 29.5 Å². The summed E-state index contributed by atoms with van der Waals surface area (Å²) in [6.07, 6.45) is 1.08. The molecule has 1 aromatic rings. The van der Waals surface area contributed by atoms with Crippen molar-refractivity contribution in [1.82, 2.24) is 0 Å². The Bertz CT molecular complexity index is 533. The summed E-state index contributed by atoms with van der Waals surface area (Å²) in [6, 6.07) is 3.90. The van der Waals surface area contributed by atoms with E-state index >= 15 is 0 Å². The van der Waals surface area contributed by atoms with E-state index in [9.17, 15) is 19.7 Å². The Morgan fingerprint density at radius 2 is 1.95 bits per heavy atom. The average molecular weight is 301 g/mol. The fraction of sp³-hybridized carbons (Fsp3) is 0.333. The third kappa shape index (κ3) is 5.23. The largest absolute Gasteiger partial charge is 0.481 e. The van der Waals surface area contributed by atoms with Gasteiger partial charge in [-0.25, -0.2) is 0 Å². The van der Waals surface area contributed by atoms with Crippen LogP contribution in [0.5, 0.6) is 0 Å². The Morgan fingerprint density at radius 1 is 1.30 bits per heavy atom. The fourth-order valence-corrected chi connectivity index (χ4v) is 1.77. The van der Waals surface area contributed by atoms with Gasteiger partial charge in [0.2, 0.25) is 5.91 Å². The van der Waals surface area contributed by atoms with Gasteiger partial charge in [0.25, 0.3) is 5.69 Å². The number of nitrogens with zero attached hydrogens (tertiary/aromatic N) is 1. The third-order valence-corrected chi connectivity index (χ3v) is 2.78. The zero-order valence-corrected chi connectivity index (χ0v) is 11.2. The minimum Gasteiger partial charge on any atom is -0.481 e. The Kier molecular flexibility index (Phi) is 5.92. The molecule has 0 heterocycles. The van der Waals surface area contributed by atoms with Gasteiger partial charge in [0, 0.05) is 24.6 Å². The molecule has 2 N–H and O–H groups in total. The van der Waals surface area contributed by atoms with E-state index in [0.29, 0.717) is 18.5 Å². The highest BCUT2D eigenvalue weighted by molar-refractivity contribution is 6.33. The van der Waals surface area contributed by atoms with Gasteiger partial charge in [-0.2, -0.15) is 0 Å². The van der Waals surface area contributed by atoms with Crippen LogP contribution >= 0.6 is 11.6 Å². The average Bonchev–Trinajstić information content (AvgIpc) is 2.34. The second kappa shape index (κ2) is 7.44. The number of amides is 1. The predicted molar refractivity (Wildman–Crippen MR) is 72.8 cm³/mol. The van der Waals surface area contributed by atoms with Crippen molar-refractivity contribution in [3.05, 3.63) is 33.3 Å². The van der Waals surface area contributed by atoms with Gasteiger partial charge in [-0.05, 0) is 25.0 Å². The van der Waals surface area contributed by atoms with E-state index in [1.807, 2.05) is 0 Å². The maximum atomic E-state index is 11.6. The molecule has 0 atom stereocenters. The highest BCUT2D eigenvalue weighted by Gasteiger charge is 2.13. The summed E-state index contributed by atoms with van der Waals surface area (Å²) >= 11 is 5.71. The molecule has 0 aromatic heterocycles. The number of anilines is 1. The van der Waals surface area contributed by atoms with E-state index in [2.05, 4.69) is 5.32 Å². The van der Waals surface area contributed by atoms with E-state index in [1.54, 1.807) is 0 Å². The molecular formula is C12H13ClN2O5. The molecule has 0 radical (unpaired) electrons. The van der Waals surface area contributed by atoms with Crippen LogP contribution in [-0.4, -0.2) is 21.9 Å². The smallest absolute Gasteiger partial charge is 0.303 e. The molecular weight excluding hydrogens is 288 g/mol. The Labute approximate surface area is 119 Å². The number of hydrogen-bond donors (Lipinski definition) is 2. The number of carboxylic acids is 1. The molecule has 0 spiro atoms. The number of hydrogen-bond acceptors (Lipinski definition) is 4. The molecule has 8 heteroatoms. The minimum atomic E-state index is -0.896. The first-order chi connectivity index (χ1) is 9.40. The Balaban J connectivity index is 2.48. The summed E-state index contributed by atoms with van der Waals surface area (Å²) in [5.41, 5.74) is 0.134. The van der Waals surface area contributed by atoms with Crippen LogP contribution in [0.4, 0.5) is 11.4 Å². The molecule has 0 aliphatic heterocycles. The van der Waals surface area contributed by atoms with Crippen LogP contribution < -0.4 is 5.32 Å². The lowest BCUT2D eigenvalue weighted by atomic mass is 10.2. The summed E-state index contributed by atoms with van der Waals surface area (Å²) in [7, 11) is 0. The predicted octanol–water partition coefficient (Wildman–Crippen LogP) is 2.83. The van der Waals surface area contributed by atoms with E-state index in [0.717, 1.165) is 0 Å². The van der Waals surface area contributed by atoms with Crippen LogP contribution in [-0.2, 0) is 9.59 Å². The molecule has 1 aromatic carbocycles. The highest BCUT2D eigenvalue weighted by atomic mass is 35.5. The van der Waals surface area contributed by atoms with Crippen LogP contribution in [0.3, 0.4) is 0 Å². The molecule has 1 rings (SSSR count). The van der Waals surface area contributed by atoms with E-state index in [1.165, 1.54) is 18.2 Å². The zero-order chi connectivity index (χ0) is 15.1. The topological polar surface area (TPSA) is 110 Å². The van der Waals surface area contributed by atoms with Gasteiger partial charge in [0.15, 0.2) is 0 Å². The van der Waals surface area contributed by atoms with Crippen LogP contribution in [0.25, 0.3) is 0 Å². The van der Waals surface area contributed by atoms with Gasteiger partial charge in [0.05, 0.1) is 4.92 Å². The SMILES string of the molecule is O=C(O)CCCCC(=O)Nc1ccc([N+](=O)[O-])c(Cl)c1. The zero-order valence-electron chi connectivity index (χ0n) is 10.5. The first-order valence-electron chi connectivity index (χ1n) is 5.85. The van der Waals surface area contributed by atoms with Crippen LogP contribution in [0.15, 0.2) is 18.2 Å². The van der Waals surface area contributed by atoms with Crippen LogP contribution in [0.1, 0.15) is 25.7 Å². The number of nitrogens with one attached hydrogen (secondary N) is 1. The first kappa shape index (κ1) is 15.9. The molecule has 0 saturated carbocycles. The monoisotopic (exact) mass is 300 g/mol. The summed E-state index contributed by atoms with van der Waals surface area (Å²) in [6.45, 7) is 0. The molecule has 0 bridgehead atoms. The standard InChI is InChI=1S/C12H13ClN2O5/c13-9-7-8(5-6-10(9)15(19)20)14-11(16)3-1-2-4-12(17)18/h5-7H,1-4H2,(H,14,16)(H,17,18). The van der Waals surface area contributed by atoms with Crippen molar-refractivity contribution < 1.29 is 19.6 Å². The number of halogens is 1. The summed E-state index contributed by atoms with van der Waals surface area (Å²) in [5, 5.41) is 21.5. The fourth-order valence-electron chi connectivity index (χ4n) is 1.52. The van der Waals surface area contributed by atoms with Crippen LogP contribution in [0.2, 0.25) is 5.02 Å². The van der Waals surface area contributed by atoms with E-state index in [4.69, 9.17) is 16.7 Å². The van der Waals surface area contributed by atoms with Gasteiger partial charge in [-0.3, -0.25) is 19.7 Å². The van der Waals surface area contributed by atoms with Crippen molar-refractivity contribution in [3.63, 3.8) is 0 Å². The van der Waals surface area contributed by atoms with Gasteiger partial charge >= 0.3 is 5.97 Å². The van der Waals surface area contributed by atoms with Crippen molar-refractivity contribution in [2.75, 3.05) is 5.32 Å². The first-order valence-corrected chi connectivity index (χ1v) is 6.23. The summed E-state index contributed by atoms with van der Waals surface area (Å²) < 4.78 is 0. The second-order valence-corrected chi connectivity index (χ2v) is 4.48. The Morgan fingerprint density at radius 3 is 2.50 bits per heavy atom. The molecule has 108 valence electrons. The van der Waals surface area contributed by atoms with Crippen molar-refractivity contribution in [3.8, 4) is 0 Å². The number of carboxylic acid groups (broad SMARTS) is 1. The summed E-state index contributed by atoms with van der Waals surface area (Å²) in [4.78, 5) is 31.8. The quantitative estimate of drug-likeness (QED) is 0.457. The van der Waals surface area contributed by atoms with Crippen molar-refractivity contribution in [1.29, 1.82) is 0 Å². The van der Waals surface area contributed by atoms with Gasteiger partial charge < -0.3 is 10.4 Å². The number of carbonyl (C=O) groups excluding carboxylic acids is 1. The molecule has 7 nitrogen and oxygen atoms in total. The lowest BCUT2D eigenvalue weighted by Gasteiger charge is -2.05. The number of unbranched alkanes of at least 4 members (excludes halogenated alkanes) is 1. The number of benzene rings is 1. The maximum Gasteiger partial charge on any atom is 0.303 e. The molecule has 1 amide bonds. The van der Waals surface area contributed by atoms with Crippen LogP contribution in [0, 0.1) is 10.1 Å². The minimum absolute atomic E-state index is 0.0244. The second-order valence-electron chi connectivity index (χ2n) is 4.07. The summed E-state index contributed by atoms with van der Waals surface area (Å²) in [5.74, 6) is -1.19. The maximum absolute atomic E-state index is 11.6. The van der Waals surface area contributed by atoms with Gasteiger partial charge in [0.1, 0.15) is 5.02 Å². The molecule has 0 unspecified atom stereocenters. The number of nitro benzene ring substituents is 1. The number of aliphatic carboxylic acids is 1. The van der Waals surface area contributed by atoms with Gasteiger partial charge in [-0.1, -0.05) is 11.6 Å². The normalized spacial score (nSPS) is 10.1. The number of carbonyl (C=O) groups is 2. The lowest BCUT2D eigenvalue weighted by Crippen LogP contribution is -2.11. The molecule has 20 heavy (non-hydrogen) atoms. The van der Waals surface area contributed by atoms with E-state index < -0.39 is 10.9 Å². The number of rotatable bonds is 7. The number of nitro groups is 1. The lowest BCUT2D eigenvalue weighted by molar-refractivity contribution is -0.384. The van der Waals surface area contributed by atoms with Crippen molar-refractivity contribution >= 4 is 34.9 Å².